The molecule has 25 heavy (non-hydrogen) atoms. The molecule has 1 heterocycles. The van der Waals surface area contributed by atoms with Crippen LogP contribution in [0.3, 0.4) is 0 Å². The molecule has 0 spiro atoms. The summed E-state index contributed by atoms with van der Waals surface area (Å²) >= 11 is 1.34. The molecular weight excluding hydrogens is 340 g/mol. The van der Waals surface area contributed by atoms with Gasteiger partial charge in [-0.25, -0.2) is 4.68 Å². The number of nitrogens with two attached hydrogens (primary N) is 1. The number of anilines is 1. The number of tetrazole rings is 1. The van der Waals surface area contributed by atoms with Gasteiger partial charge in [0.2, 0.25) is 17.0 Å². The smallest absolute Gasteiger partial charge is 0.248 e. The number of carbonyl (C=O) groups is 2. The molecule has 0 aliphatic heterocycles. The highest BCUT2D eigenvalue weighted by Gasteiger charge is 2.24. The molecule has 0 saturated heterocycles. The topological polar surface area (TPSA) is 116 Å². The number of amides is 2. The van der Waals surface area contributed by atoms with Gasteiger partial charge in [0.15, 0.2) is 0 Å². The lowest BCUT2D eigenvalue weighted by atomic mass is 10.2. The lowest BCUT2D eigenvalue weighted by molar-refractivity contribution is -0.115. The highest BCUT2D eigenvalue weighted by atomic mass is 32.2. The fraction of sp³-hybridized carbons (Fsp3) is 0.438. The molecule has 1 aromatic carbocycles. The highest BCUT2D eigenvalue weighted by Crippen LogP contribution is 2.32. The lowest BCUT2D eigenvalue weighted by Crippen LogP contribution is -2.23. The molecule has 2 amide bonds. The average molecular weight is 360 g/mol. The molecule has 1 atom stereocenters. The van der Waals surface area contributed by atoms with E-state index in [4.69, 9.17) is 5.73 Å². The summed E-state index contributed by atoms with van der Waals surface area (Å²) in [5.74, 6) is -0.654. The van der Waals surface area contributed by atoms with Crippen molar-refractivity contribution in [1.29, 1.82) is 0 Å². The van der Waals surface area contributed by atoms with Gasteiger partial charge in [0.25, 0.3) is 0 Å². The van der Waals surface area contributed by atoms with Crippen LogP contribution in [0.15, 0.2) is 29.4 Å². The van der Waals surface area contributed by atoms with E-state index >= 15 is 0 Å². The summed E-state index contributed by atoms with van der Waals surface area (Å²) in [6, 6.07) is 6.79. The van der Waals surface area contributed by atoms with E-state index in [1.165, 1.54) is 24.6 Å². The number of hydrogen-bond acceptors (Lipinski definition) is 6. The first kappa shape index (κ1) is 17.4. The van der Waals surface area contributed by atoms with Crippen LogP contribution in [0.1, 0.15) is 49.0 Å². The summed E-state index contributed by atoms with van der Waals surface area (Å²) in [7, 11) is 0. The van der Waals surface area contributed by atoms with E-state index in [0.29, 0.717) is 22.4 Å². The Morgan fingerprint density at radius 3 is 2.60 bits per heavy atom. The molecule has 8 nitrogen and oxygen atoms in total. The van der Waals surface area contributed by atoms with E-state index in [1.807, 2.05) is 11.6 Å². The highest BCUT2D eigenvalue weighted by molar-refractivity contribution is 8.00. The third-order valence-electron chi connectivity index (χ3n) is 4.22. The Kier molecular flexibility index (Phi) is 5.32. The summed E-state index contributed by atoms with van der Waals surface area (Å²) in [6.45, 7) is 1.81. The number of carbonyl (C=O) groups excluding carboxylic acids is 2. The SMILES string of the molecule is C[C@H](Sc1nnnn1C1CCCC1)C(=O)Nc1ccc(C(N)=O)cc1. The number of nitrogens with one attached hydrogen (secondary N) is 1. The summed E-state index contributed by atoms with van der Waals surface area (Å²) < 4.78 is 1.84. The van der Waals surface area contributed by atoms with E-state index in [9.17, 15) is 9.59 Å². The predicted molar refractivity (Wildman–Crippen MR) is 94.2 cm³/mol. The number of rotatable bonds is 6. The number of primary amides is 1. The molecule has 3 N–H and O–H groups in total. The fourth-order valence-corrected chi connectivity index (χ4v) is 3.67. The Morgan fingerprint density at radius 1 is 1.28 bits per heavy atom. The van der Waals surface area contributed by atoms with Crippen LogP contribution in [0.4, 0.5) is 5.69 Å². The van der Waals surface area contributed by atoms with Gasteiger partial charge in [0.1, 0.15) is 0 Å². The largest absolute Gasteiger partial charge is 0.366 e. The summed E-state index contributed by atoms with van der Waals surface area (Å²) in [6.07, 6.45) is 4.52. The minimum Gasteiger partial charge on any atom is -0.366 e. The Hall–Kier alpha value is -2.42. The molecule has 1 aliphatic rings. The number of hydrogen-bond donors (Lipinski definition) is 2. The zero-order valence-electron chi connectivity index (χ0n) is 13.9. The van der Waals surface area contributed by atoms with Gasteiger partial charge in [0.05, 0.1) is 11.3 Å². The van der Waals surface area contributed by atoms with Crippen molar-refractivity contribution in [3.05, 3.63) is 29.8 Å². The van der Waals surface area contributed by atoms with Crippen LogP contribution in [-0.2, 0) is 4.79 Å². The van der Waals surface area contributed by atoms with Crippen LogP contribution in [0.2, 0.25) is 0 Å². The van der Waals surface area contributed by atoms with E-state index in [2.05, 4.69) is 20.8 Å². The first-order chi connectivity index (χ1) is 12.0. The van der Waals surface area contributed by atoms with Crippen molar-refractivity contribution in [1.82, 2.24) is 20.2 Å². The second-order valence-corrected chi connectivity index (χ2v) is 7.34. The molecule has 3 rings (SSSR count). The van der Waals surface area contributed by atoms with Gasteiger partial charge in [-0.05, 0) is 54.5 Å². The normalized spacial score (nSPS) is 15.9. The van der Waals surface area contributed by atoms with Gasteiger partial charge in [-0.2, -0.15) is 0 Å². The first-order valence-corrected chi connectivity index (χ1v) is 9.08. The quantitative estimate of drug-likeness (QED) is 0.761. The van der Waals surface area contributed by atoms with Crippen molar-refractivity contribution in [3.63, 3.8) is 0 Å². The van der Waals surface area contributed by atoms with E-state index in [-0.39, 0.29) is 11.2 Å². The molecule has 0 unspecified atom stereocenters. The molecule has 1 aliphatic carbocycles. The van der Waals surface area contributed by atoms with Gasteiger partial charge < -0.3 is 11.1 Å². The Labute approximate surface area is 149 Å². The number of nitrogens with zero attached hydrogens (tertiary/aromatic N) is 4. The number of thioether (sulfide) groups is 1. The maximum Gasteiger partial charge on any atom is 0.248 e. The zero-order valence-corrected chi connectivity index (χ0v) is 14.7. The molecule has 0 bridgehead atoms. The summed E-state index contributed by atoms with van der Waals surface area (Å²) in [5.41, 5.74) is 6.21. The van der Waals surface area contributed by atoms with Crippen molar-refractivity contribution in [2.45, 2.75) is 49.1 Å². The second-order valence-electron chi connectivity index (χ2n) is 6.04. The van der Waals surface area contributed by atoms with Crippen LogP contribution in [0.25, 0.3) is 0 Å². The van der Waals surface area contributed by atoms with Gasteiger partial charge in [-0.15, -0.1) is 5.10 Å². The molecule has 2 aromatic rings. The fourth-order valence-electron chi connectivity index (χ4n) is 2.81. The summed E-state index contributed by atoms with van der Waals surface area (Å²) in [4.78, 5) is 23.5. The van der Waals surface area contributed by atoms with Gasteiger partial charge in [0, 0.05) is 11.3 Å². The van der Waals surface area contributed by atoms with Crippen molar-refractivity contribution in [3.8, 4) is 0 Å². The molecular formula is C16H20N6O2S. The van der Waals surface area contributed by atoms with E-state index < -0.39 is 5.91 Å². The Morgan fingerprint density at radius 2 is 1.96 bits per heavy atom. The minimum atomic E-state index is -0.499. The monoisotopic (exact) mass is 360 g/mol. The summed E-state index contributed by atoms with van der Waals surface area (Å²) in [5, 5.41) is 15.0. The van der Waals surface area contributed by atoms with Gasteiger partial charge in [-0.1, -0.05) is 24.6 Å². The standard InChI is InChI=1S/C16H20N6O2S/c1-10(15(24)18-12-8-6-11(7-9-12)14(17)23)25-16-19-20-21-22(16)13-4-2-3-5-13/h6-10,13H,2-5H2,1H3,(H2,17,23)(H,18,24)/t10-/m0/s1. The Bertz CT molecular complexity index is 754. The van der Waals surface area contributed by atoms with Crippen molar-refractivity contribution >= 4 is 29.3 Å². The molecule has 1 aromatic heterocycles. The maximum atomic E-state index is 12.4. The molecule has 9 heteroatoms. The van der Waals surface area contributed by atoms with Crippen molar-refractivity contribution < 1.29 is 9.59 Å². The lowest BCUT2D eigenvalue weighted by Gasteiger charge is -2.14. The average Bonchev–Trinajstić information content (AvgIpc) is 3.26. The number of aromatic nitrogens is 4. The predicted octanol–water partition coefficient (Wildman–Crippen LogP) is 2.01. The van der Waals surface area contributed by atoms with Crippen LogP contribution in [0.5, 0.6) is 0 Å². The van der Waals surface area contributed by atoms with Crippen LogP contribution in [0, 0.1) is 0 Å². The van der Waals surface area contributed by atoms with E-state index in [1.54, 1.807) is 24.3 Å². The third-order valence-corrected chi connectivity index (χ3v) is 5.27. The minimum absolute atomic E-state index is 0.155. The first-order valence-electron chi connectivity index (χ1n) is 8.20. The Balaban J connectivity index is 1.61. The van der Waals surface area contributed by atoms with Crippen LogP contribution >= 0.6 is 11.8 Å². The van der Waals surface area contributed by atoms with Crippen molar-refractivity contribution in [2.75, 3.05) is 5.32 Å². The van der Waals surface area contributed by atoms with Crippen LogP contribution < -0.4 is 11.1 Å². The third kappa shape index (κ3) is 4.16. The van der Waals surface area contributed by atoms with Gasteiger partial charge >= 0.3 is 0 Å². The molecule has 1 fully saturated rings. The van der Waals surface area contributed by atoms with E-state index in [0.717, 1.165) is 12.8 Å². The number of benzene rings is 1. The van der Waals surface area contributed by atoms with Gasteiger partial charge in [-0.3, -0.25) is 9.59 Å². The molecule has 0 radical (unpaired) electrons. The maximum absolute atomic E-state index is 12.4. The second kappa shape index (κ2) is 7.64. The zero-order chi connectivity index (χ0) is 17.8. The van der Waals surface area contributed by atoms with Crippen LogP contribution in [-0.4, -0.2) is 37.3 Å². The molecule has 1 saturated carbocycles. The van der Waals surface area contributed by atoms with Crippen molar-refractivity contribution in [2.24, 2.45) is 5.73 Å². The molecule has 132 valence electrons.